The van der Waals surface area contributed by atoms with Crippen LogP contribution in [0.15, 0.2) is 52.9 Å². The molecule has 1 aliphatic rings. The molecule has 0 aliphatic heterocycles. The van der Waals surface area contributed by atoms with Gasteiger partial charge >= 0.3 is 0 Å². The summed E-state index contributed by atoms with van der Waals surface area (Å²) in [5.41, 5.74) is 2.70. The molecule has 0 atom stereocenters. The third kappa shape index (κ3) is 5.37. The molecule has 1 aliphatic carbocycles. The number of benzene rings is 2. The standard InChI is InChI=1S/C24H27ClN2O2.HI/c1-27(2,21-6-4-3-5-7-21)16-17-8-11-20(12-9-17)26-24(28)23-15-18-14-19(25)10-13-22(18)29-23;/h8-15,21H,3-7,16H2,1-2H3;1H. The van der Waals surface area contributed by atoms with E-state index in [1.165, 1.54) is 37.7 Å². The molecule has 1 saturated carbocycles. The van der Waals surface area contributed by atoms with E-state index in [0.717, 1.165) is 28.1 Å². The van der Waals surface area contributed by atoms with Crippen LogP contribution in [0.2, 0.25) is 5.02 Å². The van der Waals surface area contributed by atoms with E-state index in [4.69, 9.17) is 16.0 Å². The van der Waals surface area contributed by atoms with E-state index in [1.807, 2.05) is 12.1 Å². The van der Waals surface area contributed by atoms with E-state index in [0.29, 0.717) is 10.6 Å². The van der Waals surface area contributed by atoms with Gasteiger partial charge in [-0.25, -0.2) is 0 Å². The van der Waals surface area contributed by atoms with Gasteiger partial charge in [0.1, 0.15) is 12.1 Å². The molecule has 0 radical (unpaired) electrons. The molecule has 4 rings (SSSR count). The lowest BCUT2D eigenvalue weighted by Gasteiger charge is -2.40. The van der Waals surface area contributed by atoms with Crippen molar-refractivity contribution in [2.75, 3.05) is 19.4 Å². The monoisotopic (exact) mass is 538 g/mol. The van der Waals surface area contributed by atoms with Crippen molar-refractivity contribution in [1.82, 2.24) is 0 Å². The maximum absolute atomic E-state index is 12.5. The molecule has 1 amide bonds. The predicted molar refractivity (Wildman–Crippen MR) is 118 cm³/mol. The molecule has 160 valence electrons. The Balaban J connectivity index is 0.00000256. The highest BCUT2D eigenvalue weighted by molar-refractivity contribution is 6.31. The first kappa shape index (κ1) is 23.1. The maximum Gasteiger partial charge on any atom is 0.291 e. The number of hydrogen-bond acceptors (Lipinski definition) is 2. The molecule has 1 aromatic heterocycles. The molecule has 3 aromatic rings. The fourth-order valence-electron chi connectivity index (χ4n) is 4.39. The second kappa shape index (κ2) is 9.71. The first-order valence-corrected chi connectivity index (χ1v) is 10.7. The number of halogens is 2. The molecule has 1 fully saturated rings. The highest BCUT2D eigenvalue weighted by Crippen LogP contribution is 2.28. The van der Waals surface area contributed by atoms with Crippen LogP contribution in [0.4, 0.5) is 5.69 Å². The maximum atomic E-state index is 12.5. The summed E-state index contributed by atoms with van der Waals surface area (Å²) in [5, 5.41) is 4.36. The SMILES string of the molecule is C[N+](C)(Cc1ccc(NC(=O)c2cc3cc(Cl)ccc3o2)cc1)C1CCCCC1.[I-]. The van der Waals surface area contributed by atoms with Gasteiger partial charge in [0.05, 0.1) is 20.1 Å². The lowest BCUT2D eigenvalue weighted by atomic mass is 9.92. The van der Waals surface area contributed by atoms with Crippen LogP contribution < -0.4 is 29.3 Å². The van der Waals surface area contributed by atoms with Crippen LogP contribution in [-0.2, 0) is 6.54 Å². The number of fused-ring (bicyclic) bond motifs is 1. The van der Waals surface area contributed by atoms with Gasteiger partial charge in [0.15, 0.2) is 5.76 Å². The third-order valence-corrected chi connectivity index (χ3v) is 6.30. The van der Waals surface area contributed by atoms with E-state index in [9.17, 15) is 4.79 Å². The van der Waals surface area contributed by atoms with Crippen LogP contribution in [0, 0.1) is 0 Å². The van der Waals surface area contributed by atoms with Gasteiger partial charge in [0, 0.05) is 21.7 Å². The fraction of sp³-hybridized carbons (Fsp3) is 0.375. The molecular weight excluding hydrogens is 511 g/mol. The summed E-state index contributed by atoms with van der Waals surface area (Å²) in [4.78, 5) is 12.5. The van der Waals surface area contributed by atoms with Crippen LogP contribution in [0.1, 0.15) is 48.2 Å². The van der Waals surface area contributed by atoms with Crippen molar-refractivity contribution < 1.29 is 37.7 Å². The number of hydrogen-bond donors (Lipinski definition) is 1. The van der Waals surface area contributed by atoms with Gasteiger partial charge in [0.25, 0.3) is 5.91 Å². The minimum Gasteiger partial charge on any atom is -1.00 e. The second-order valence-electron chi connectivity index (χ2n) is 8.67. The van der Waals surface area contributed by atoms with Gasteiger partial charge in [-0.1, -0.05) is 30.2 Å². The molecule has 1 heterocycles. The predicted octanol–water partition coefficient (Wildman–Crippen LogP) is 3.25. The zero-order valence-electron chi connectivity index (χ0n) is 17.5. The number of amides is 1. The average molecular weight is 539 g/mol. The van der Waals surface area contributed by atoms with Crippen LogP contribution in [0.3, 0.4) is 0 Å². The first-order chi connectivity index (χ1) is 13.9. The van der Waals surface area contributed by atoms with Crippen molar-refractivity contribution in [3.8, 4) is 0 Å². The zero-order valence-corrected chi connectivity index (χ0v) is 20.4. The number of carbonyl (C=O) groups is 1. The molecule has 0 spiro atoms. The van der Waals surface area contributed by atoms with E-state index in [1.54, 1.807) is 24.3 Å². The Bertz CT molecular complexity index is 1010. The minimum absolute atomic E-state index is 0. The van der Waals surface area contributed by atoms with Crippen molar-refractivity contribution in [3.05, 3.63) is 64.9 Å². The number of nitrogens with zero attached hydrogens (tertiary/aromatic N) is 1. The molecule has 0 saturated heterocycles. The Morgan fingerprint density at radius 1 is 1.07 bits per heavy atom. The number of nitrogens with one attached hydrogen (secondary N) is 1. The molecule has 0 unspecified atom stereocenters. The van der Waals surface area contributed by atoms with Gasteiger partial charge < -0.3 is 38.2 Å². The summed E-state index contributed by atoms with van der Waals surface area (Å²) in [7, 11) is 4.67. The minimum atomic E-state index is -0.261. The number of furan rings is 1. The number of quaternary nitrogens is 1. The molecule has 0 bridgehead atoms. The normalized spacial score (nSPS) is 15.0. The molecule has 6 heteroatoms. The van der Waals surface area contributed by atoms with E-state index >= 15 is 0 Å². The Hall–Kier alpha value is -1.57. The highest BCUT2D eigenvalue weighted by atomic mass is 127. The van der Waals surface area contributed by atoms with Crippen LogP contribution in [0.5, 0.6) is 0 Å². The van der Waals surface area contributed by atoms with Crippen molar-refractivity contribution in [2.24, 2.45) is 0 Å². The lowest BCUT2D eigenvalue weighted by Crippen LogP contribution is -3.00. The van der Waals surface area contributed by atoms with E-state index in [-0.39, 0.29) is 35.6 Å². The number of rotatable bonds is 5. The van der Waals surface area contributed by atoms with Gasteiger partial charge in [-0.15, -0.1) is 0 Å². The summed E-state index contributed by atoms with van der Waals surface area (Å²) >= 11 is 6.00. The largest absolute Gasteiger partial charge is 1.00 e. The molecule has 2 aromatic carbocycles. The average Bonchev–Trinajstić information content (AvgIpc) is 3.13. The van der Waals surface area contributed by atoms with Gasteiger partial charge in [-0.2, -0.15) is 0 Å². The van der Waals surface area contributed by atoms with E-state index < -0.39 is 0 Å². The first-order valence-electron chi connectivity index (χ1n) is 10.3. The number of anilines is 1. The topological polar surface area (TPSA) is 42.2 Å². The Labute approximate surface area is 200 Å². The molecular formula is C24H28ClIN2O2. The Morgan fingerprint density at radius 3 is 2.47 bits per heavy atom. The second-order valence-corrected chi connectivity index (χ2v) is 9.11. The quantitative estimate of drug-likeness (QED) is 0.400. The summed E-state index contributed by atoms with van der Waals surface area (Å²) in [6.07, 6.45) is 6.73. The summed E-state index contributed by atoms with van der Waals surface area (Å²) < 4.78 is 6.66. The van der Waals surface area contributed by atoms with Crippen LogP contribution in [-0.4, -0.2) is 30.5 Å². The molecule has 1 N–H and O–H groups in total. The molecule has 4 nitrogen and oxygen atoms in total. The van der Waals surface area contributed by atoms with Crippen molar-refractivity contribution in [2.45, 2.75) is 44.7 Å². The smallest absolute Gasteiger partial charge is 0.291 e. The van der Waals surface area contributed by atoms with Crippen molar-refractivity contribution in [1.29, 1.82) is 0 Å². The molecule has 30 heavy (non-hydrogen) atoms. The van der Waals surface area contributed by atoms with Gasteiger partial charge in [0.2, 0.25) is 0 Å². The van der Waals surface area contributed by atoms with Gasteiger partial charge in [-0.3, -0.25) is 4.79 Å². The third-order valence-electron chi connectivity index (χ3n) is 6.07. The van der Waals surface area contributed by atoms with Crippen LogP contribution in [0.25, 0.3) is 11.0 Å². The fourth-order valence-corrected chi connectivity index (χ4v) is 4.57. The Morgan fingerprint density at radius 2 is 1.77 bits per heavy atom. The zero-order chi connectivity index (χ0) is 20.4. The van der Waals surface area contributed by atoms with Crippen LogP contribution >= 0.6 is 11.6 Å². The summed E-state index contributed by atoms with van der Waals surface area (Å²) in [6.45, 7) is 1.00. The summed E-state index contributed by atoms with van der Waals surface area (Å²) in [6, 6.07) is 15.9. The summed E-state index contributed by atoms with van der Waals surface area (Å²) in [5.74, 6) is 0.0184. The van der Waals surface area contributed by atoms with Gasteiger partial charge in [-0.05, 0) is 62.1 Å². The lowest BCUT2D eigenvalue weighted by molar-refractivity contribution is -0.929. The van der Waals surface area contributed by atoms with Crippen molar-refractivity contribution in [3.63, 3.8) is 0 Å². The van der Waals surface area contributed by atoms with Crippen molar-refractivity contribution >= 4 is 34.2 Å². The Kier molecular flexibility index (Phi) is 7.47. The number of carbonyl (C=O) groups excluding carboxylic acids is 1. The highest BCUT2D eigenvalue weighted by Gasteiger charge is 2.29. The van der Waals surface area contributed by atoms with E-state index in [2.05, 4.69) is 31.5 Å².